The average Bonchev–Trinajstić information content (AvgIpc) is 2.57. The molecule has 23 heavy (non-hydrogen) atoms. The lowest BCUT2D eigenvalue weighted by Crippen LogP contribution is -2.51. The normalized spacial score (nSPS) is 17.9. The third kappa shape index (κ3) is 5.18. The van der Waals surface area contributed by atoms with Crippen molar-refractivity contribution in [2.24, 2.45) is 5.73 Å². The van der Waals surface area contributed by atoms with Crippen molar-refractivity contribution in [3.8, 4) is 0 Å². The Hall–Kier alpha value is -1.14. The summed E-state index contributed by atoms with van der Waals surface area (Å²) in [4.78, 5) is 14.0. The number of methoxy groups -OCH3 is 1. The average molecular weight is 340 g/mol. The van der Waals surface area contributed by atoms with Gasteiger partial charge in [-0.05, 0) is 50.0 Å². The Bertz CT molecular complexity index is 531. The fraction of sp³-hybridized carbons (Fsp3) is 0.588. The number of ether oxygens (including phenoxy) is 1. The third-order valence-corrected chi connectivity index (χ3v) is 4.80. The van der Waals surface area contributed by atoms with Gasteiger partial charge in [0.25, 0.3) is 0 Å². The molecule has 1 atom stereocenters. The van der Waals surface area contributed by atoms with Crippen molar-refractivity contribution < 1.29 is 9.53 Å². The molecule has 6 heteroatoms. The van der Waals surface area contributed by atoms with Gasteiger partial charge < -0.3 is 15.8 Å². The van der Waals surface area contributed by atoms with Crippen LogP contribution in [0.15, 0.2) is 18.2 Å². The number of likely N-dealkylation sites (tertiary alicyclic amines) is 1. The minimum Gasteiger partial charge on any atom is -0.468 e. The molecule has 1 aromatic carbocycles. The Labute approximate surface area is 143 Å². The van der Waals surface area contributed by atoms with Gasteiger partial charge in [-0.25, -0.2) is 0 Å². The number of hydrogen-bond donors (Lipinski definition) is 2. The fourth-order valence-electron chi connectivity index (χ4n) is 2.98. The number of halogens is 1. The fourth-order valence-corrected chi connectivity index (χ4v) is 3.10. The van der Waals surface area contributed by atoms with Gasteiger partial charge in [-0.3, -0.25) is 9.69 Å². The van der Waals surface area contributed by atoms with Gasteiger partial charge >= 0.3 is 5.97 Å². The van der Waals surface area contributed by atoms with E-state index in [1.54, 1.807) is 0 Å². The Balaban J connectivity index is 1.81. The predicted molar refractivity (Wildman–Crippen MR) is 92.5 cm³/mol. The van der Waals surface area contributed by atoms with Gasteiger partial charge in [0.2, 0.25) is 0 Å². The van der Waals surface area contributed by atoms with Gasteiger partial charge in [0.15, 0.2) is 0 Å². The first-order chi connectivity index (χ1) is 11.0. The molecule has 3 N–H and O–H groups in total. The Morgan fingerprint density at radius 3 is 2.74 bits per heavy atom. The van der Waals surface area contributed by atoms with Gasteiger partial charge in [-0.1, -0.05) is 23.7 Å². The van der Waals surface area contributed by atoms with Crippen LogP contribution in [0.3, 0.4) is 0 Å². The van der Waals surface area contributed by atoms with Gasteiger partial charge in [0, 0.05) is 24.2 Å². The molecule has 0 aliphatic carbocycles. The van der Waals surface area contributed by atoms with E-state index in [1.807, 2.05) is 13.0 Å². The second-order valence-corrected chi connectivity index (χ2v) is 6.52. The Kier molecular flexibility index (Phi) is 6.84. The maximum atomic E-state index is 11.6. The SMILES string of the molecule is COC(=O)[C@@H](CN)NC1CCN(Cc2ccc(Cl)c(C)c2)CC1. The van der Waals surface area contributed by atoms with E-state index in [9.17, 15) is 4.79 Å². The highest BCUT2D eigenvalue weighted by atomic mass is 35.5. The number of nitrogens with zero attached hydrogens (tertiary/aromatic N) is 1. The van der Waals surface area contributed by atoms with Crippen LogP contribution in [0.2, 0.25) is 5.02 Å². The summed E-state index contributed by atoms with van der Waals surface area (Å²) in [5.41, 5.74) is 8.04. The maximum absolute atomic E-state index is 11.6. The van der Waals surface area contributed by atoms with E-state index in [0.717, 1.165) is 43.1 Å². The van der Waals surface area contributed by atoms with Crippen LogP contribution in [0.4, 0.5) is 0 Å². The van der Waals surface area contributed by atoms with Crippen LogP contribution in [0.1, 0.15) is 24.0 Å². The minimum atomic E-state index is -0.407. The number of nitrogens with one attached hydrogen (secondary N) is 1. The minimum absolute atomic E-state index is 0.261. The number of nitrogens with two attached hydrogens (primary N) is 1. The summed E-state index contributed by atoms with van der Waals surface area (Å²) in [6.45, 7) is 5.22. The van der Waals surface area contributed by atoms with Crippen molar-refractivity contribution in [2.75, 3.05) is 26.7 Å². The van der Waals surface area contributed by atoms with Crippen LogP contribution in [0, 0.1) is 6.92 Å². The molecule has 0 saturated carbocycles. The van der Waals surface area contributed by atoms with Crippen molar-refractivity contribution in [3.63, 3.8) is 0 Å². The van der Waals surface area contributed by atoms with E-state index in [2.05, 4.69) is 22.3 Å². The monoisotopic (exact) mass is 339 g/mol. The number of carbonyl (C=O) groups is 1. The van der Waals surface area contributed by atoms with Gasteiger partial charge in [0.05, 0.1) is 7.11 Å². The maximum Gasteiger partial charge on any atom is 0.324 e. The largest absolute Gasteiger partial charge is 0.468 e. The van der Waals surface area contributed by atoms with E-state index < -0.39 is 6.04 Å². The van der Waals surface area contributed by atoms with E-state index in [4.69, 9.17) is 22.1 Å². The molecule has 1 aliphatic heterocycles. The highest BCUT2D eigenvalue weighted by molar-refractivity contribution is 6.31. The zero-order valence-electron chi connectivity index (χ0n) is 13.8. The lowest BCUT2D eigenvalue weighted by atomic mass is 10.0. The topological polar surface area (TPSA) is 67.6 Å². The van der Waals surface area contributed by atoms with Crippen LogP contribution in [0.5, 0.6) is 0 Å². The number of carbonyl (C=O) groups excluding carboxylic acids is 1. The van der Waals surface area contributed by atoms with Crippen LogP contribution in [0.25, 0.3) is 0 Å². The van der Waals surface area contributed by atoms with E-state index in [0.29, 0.717) is 6.04 Å². The smallest absolute Gasteiger partial charge is 0.324 e. The predicted octanol–water partition coefficient (Wildman–Crippen LogP) is 1.70. The molecule has 1 heterocycles. The molecule has 0 unspecified atom stereocenters. The van der Waals surface area contributed by atoms with E-state index in [1.165, 1.54) is 12.7 Å². The number of rotatable bonds is 6. The highest BCUT2D eigenvalue weighted by Gasteiger charge is 2.25. The first-order valence-electron chi connectivity index (χ1n) is 8.04. The summed E-state index contributed by atoms with van der Waals surface area (Å²) in [5.74, 6) is -0.286. The molecule has 1 saturated heterocycles. The van der Waals surface area contributed by atoms with Crippen molar-refractivity contribution in [1.82, 2.24) is 10.2 Å². The molecule has 0 amide bonds. The number of piperidine rings is 1. The summed E-state index contributed by atoms with van der Waals surface area (Å²) in [6.07, 6.45) is 2.00. The first kappa shape index (κ1) is 18.2. The molecule has 1 fully saturated rings. The first-order valence-corrected chi connectivity index (χ1v) is 8.42. The standard InChI is InChI=1S/C17H26ClN3O2/c1-12-9-13(3-4-15(12)18)11-21-7-5-14(6-8-21)20-16(10-19)17(22)23-2/h3-4,9,14,16,20H,5-8,10-11,19H2,1-2H3/t16-/m1/s1. The van der Waals surface area contributed by atoms with Crippen molar-refractivity contribution in [3.05, 3.63) is 34.3 Å². The quantitative estimate of drug-likeness (QED) is 0.772. The molecule has 0 aromatic heterocycles. The summed E-state index contributed by atoms with van der Waals surface area (Å²) in [7, 11) is 1.39. The second kappa shape index (κ2) is 8.64. The van der Waals surface area contributed by atoms with Crippen molar-refractivity contribution >= 4 is 17.6 Å². The molecule has 0 radical (unpaired) electrons. The van der Waals surface area contributed by atoms with Gasteiger partial charge in [0.1, 0.15) is 6.04 Å². The summed E-state index contributed by atoms with van der Waals surface area (Å²) in [5, 5.41) is 4.13. The second-order valence-electron chi connectivity index (χ2n) is 6.11. The van der Waals surface area contributed by atoms with Gasteiger partial charge in [-0.2, -0.15) is 0 Å². The number of benzene rings is 1. The molecule has 1 aromatic rings. The zero-order valence-corrected chi connectivity index (χ0v) is 14.6. The summed E-state index contributed by atoms with van der Waals surface area (Å²) in [6, 6.07) is 6.10. The van der Waals surface area contributed by atoms with E-state index in [-0.39, 0.29) is 12.5 Å². The number of esters is 1. The molecule has 0 spiro atoms. The lowest BCUT2D eigenvalue weighted by Gasteiger charge is -2.34. The molecular formula is C17H26ClN3O2. The van der Waals surface area contributed by atoms with E-state index >= 15 is 0 Å². The Morgan fingerprint density at radius 2 is 2.17 bits per heavy atom. The van der Waals surface area contributed by atoms with Crippen LogP contribution in [-0.2, 0) is 16.1 Å². The third-order valence-electron chi connectivity index (χ3n) is 4.37. The lowest BCUT2D eigenvalue weighted by molar-refractivity contribution is -0.143. The molecule has 0 bridgehead atoms. The zero-order chi connectivity index (χ0) is 16.8. The molecule has 5 nitrogen and oxygen atoms in total. The van der Waals surface area contributed by atoms with Gasteiger partial charge in [-0.15, -0.1) is 0 Å². The number of hydrogen-bond acceptors (Lipinski definition) is 5. The van der Waals surface area contributed by atoms with Crippen molar-refractivity contribution in [2.45, 2.75) is 38.4 Å². The molecular weight excluding hydrogens is 314 g/mol. The summed E-state index contributed by atoms with van der Waals surface area (Å²) < 4.78 is 4.76. The Morgan fingerprint density at radius 1 is 1.48 bits per heavy atom. The molecule has 1 aliphatic rings. The molecule has 128 valence electrons. The summed E-state index contributed by atoms with van der Waals surface area (Å²) >= 11 is 6.07. The van der Waals surface area contributed by atoms with Crippen LogP contribution in [-0.4, -0.2) is 49.7 Å². The highest BCUT2D eigenvalue weighted by Crippen LogP contribution is 2.19. The van der Waals surface area contributed by atoms with Crippen molar-refractivity contribution in [1.29, 1.82) is 0 Å². The van der Waals surface area contributed by atoms with Crippen LogP contribution >= 0.6 is 11.6 Å². The number of aryl methyl sites for hydroxylation is 1. The molecule has 2 rings (SSSR count). The van der Waals surface area contributed by atoms with Crippen LogP contribution < -0.4 is 11.1 Å².